The van der Waals surface area contributed by atoms with E-state index in [1.54, 1.807) is 11.1 Å². The van der Waals surface area contributed by atoms with E-state index in [9.17, 15) is 0 Å². The third-order valence-corrected chi connectivity index (χ3v) is 6.72. The zero-order chi connectivity index (χ0) is 21.3. The number of hydrogen-bond donors (Lipinski definition) is 0. The summed E-state index contributed by atoms with van der Waals surface area (Å²) in [5.41, 5.74) is 3.28. The average Bonchev–Trinajstić information content (AvgIpc) is 2.78. The number of rotatable bonds is 18. The Bertz CT molecular complexity index is 675. The Hall–Kier alpha value is -0.300. The minimum atomic E-state index is 0. The van der Waals surface area contributed by atoms with Crippen LogP contribution in [0.15, 0.2) is 36.4 Å². The van der Waals surface area contributed by atoms with E-state index in [0.29, 0.717) is 0 Å². The molecular weight excluding hydrogens is 383 g/mol. The molecular formula is C30H48Na. The van der Waals surface area contributed by atoms with Crippen molar-refractivity contribution in [2.75, 3.05) is 0 Å². The van der Waals surface area contributed by atoms with Crippen LogP contribution >= 0.6 is 0 Å². The Kier molecular flexibility index (Phi) is 17.8. The standard InChI is InChI=1S/C30H48.Na/c1-3-5-7-9-11-13-15-17-21-27-25-26-28-22-19-20-24-30(28)29(27)23-18-16-14-12-10-8-6-4-2;/h19-20,22,24-26H,3-18,21,23H2,1-2H3;. The van der Waals surface area contributed by atoms with Crippen molar-refractivity contribution in [1.29, 1.82) is 0 Å². The molecule has 0 saturated heterocycles. The van der Waals surface area contributed by atoms with Crippen LogP contribution in [0.4, 0.5) is 0 Å². The topological polar surface area (TPSA) is 0 Å². The molecule has 0 saturated carbocycles. The first-order valence-electron chi connectivity index (χ1n) is 13.4. The number of hydrogen-bond acceptors (Lipinski definition) is 0. The van der Waals surface area contributed by atoms with E-state index in [4.69, 9.17) is 0 Å². The summed E-state index contributed by atoms with van der Waals surface area (Å²) in [4.78, 5) is 0. The van der Waals surface area contributed by atoms with Crippen LogP contribution in [0, 0.1) is 0 Å². The molecule has 0 heterocycles. The SMILES string of the molecule is CCCCCCCCCCc1ccc2ccccc2c1CCCCCCCCCC.[Na]. The maximum Gasteiger partial charge on any atom is 0 e. The summed E-state index contributed by atoms with van der Waals surface area (Å²) in [5.74, 6) is 0. The summed E-state index contributed by atoms with van der Waals surface area (Å²) < 4.78 is 0. The molecule has 0 spiro atoms. The Morgan fingerprint density at radius 2 is 0.968 bits per heavy atom. The van der Waals surface area contributed by atoms with Crippen LogP contribution in [0.1, 0.15) is 128 Å². The van der Waals surface area contributed by atoms with Crippen molar-refractivity contribution in [3.63, 3.8) is 0 Å². The number of fused-ring (bicyclic) bond motifs is 1. The van der Waals surface area contributed by atoms with Gasteiger partial charge in [0.05, 0.1) is 0 Å². The molecule has 2 aromatic carbocycles. The largest absolute Gasteiger partial charge is 0.0654 e. The smallest absolute Gasteiger partial charge is 0 e. The average molecular weight is 432 g/mol. The molecule has 1 heteroatoms. The zero-order valence-electron chi connectivity index (χ0n) is 21.2. The van der Waals surface area contributed by atoms with E-state index in [0.717, 1.165) is 0 Å². The van der Waals surface area contributed by atoms with Gasteiger partial charge in [-0.15, -0.1) is 0 Å². The van der Waals surface area contributed by atoms with Crippen molar-refractivity contribution in [2.45, 2.75) is 129 Å². The zero-order valence-corrected chi connectivity index (χ0v) is 23.2. The third-order valence-electron chi connectivity index (χ3n) is 6.72. The van der Waals surface area contributed by atoms with Gasteiger partial charge in [-0.3, -0.25) is 0 Å². The molecule has 1 radical (unpaired) electrons. The van der Waals surface area contributed by atoms with Crippen LogP contribution in [0.3, 0.4) is 0 Å². The van der Waals surface area contributed by atoms with Crippen LogP contribution in [-0.4, -0.2) is 29.6 Å². The maximum atomic E-state index is 2.43. The molecule has 0 aliphatic carbocycles. The van der Waals surface area contributed by atoms with Gasteiger partial charge in [-0.25, -0.2) is 0 Å². The van der Waals surface area contributed by atoms with Gasteiger partial charge in [0.15, 0.2) is 0 Å². The predicted molar refractivity (Wildman–Crippen MR) is 142 cm³/mol. The summed E-state index contributed by atoms with van der Waals surface area (Å²) in [5, 5.41) is 2.93. The molecule has 0 atom stereocenters. The van der Waals surface area contributed by atoms with Gasteiger partial charge in [0, 0.05) is 29.6 Å². The van der Waals surface area contributed by atoms with Crippen molar-refractivity contribution in [1.82, 2.24) is 0 Å². The van der Waals surface area contributed by atoms with E-state index in [2.05, 4.69) is 50.2 Å². The molecule has 0 N–H and O–H groups in total. The normalized spacial score (nSPS) is 11.0. The first-order chi connectivity index (χ1) is 14.9. The van der Waals surface area contributed by atoms with Crippen LogP contribution in [-0.2, 0) is 12.8 Å². The van der Waals surface area contributed by atoms with Crippen molar-refractivity contribution in [3.05, 3.63) is 47.5 Å². The fourth-order valence-corrected chi connectivity index (χ4v) is 4.80. The Balaban J connectivity index is 0.00000480. The molecule has 2 aromatic rings. The summed E-state index contributed by atoms with van der Waals surface area (Å²) in [6.45, 7) is 4.60. The van der Waals surface area contributed by atoms with Gasteiger partial charge in [0.25, 0.3) is 0 Å². The van der Waals surface area contributed by atoms with Crippen LogP contribution in [0.2, 0.25) is 0 Å². The first-order valence-corrected chi connectivity index (χ1v) is 13.4. The molecule has 0 fully saturated rings. The number of aryl methyl sites for hydroxylation is 2. The van der Waals surface area contributed by atoms with Gasteiger partial charge < -0.3 is 0 Å². The molecule has 0 amide bonds. The molecule has 0 aliphatic heterocycles. The van der Waals surface area contributed by atoms with Gasteiger partial charge in [-0.05, 0) is 47.6 Å². The summed E-state index contributed by atoms with van der Waals surface area (Å²) in [6, 6.07) is 13.8. The van der Waals surface area contributed by atoms with Crippen molar-refractivity contribution >= 4 is 40.3 Å². The van der Waals surface area contributed by atoms with E-state index < -0.39 is 0 Å². The van der Waals surface area contributed by atoms with Gasteiger partial charge in [-0.1, -0.05) is 140 Å². The second-order valence-electron chi connectivity index (χ2n) is 9.37. The third kappa shape index (κ3) is 11.9. The fourth-order valence-electron chi connectivity index (χ4n) is 4.80. The van der Waals surface area contributed by atoms with Crippen LogP contribution in [0.5, 0.6) is 0 Å². The van der Waals surface area contributed by atoms with E-state index in [1.807, 2.05) is 0 Å². The molecule has 2 rings (SSSR count). The minimum Gasteiger partial charge on any atom is -0.0654 e. The minimum absolute atomic E-state index is 0. The van der Waals surface area contributed by atoms with E-state index >= 15 is 0 Å². The van der Waals surface area contributed by atoms with Gasteiger partial charge >= 0.3 is 0 Å². The van der Waals surface area contributed by atoms with E-state index in [1.165, 1.54) is 126 Å². The fraction of sp³-hybridized carbons (Fsp3) is 0.667. The summed E-state index contributed by atoms with van der Waals surface area (Å²) in [6.07, 6.45) is 25.0. The summed E-state index contributed by atoms with van der Waals surface area (Å²) >= 11 is 0. The second-order valence-corrected chi connectivity index (χ2v) is 9.37. The predicted octanol–water partition coefficient (Wildman–Crippen LogP) is 9.83. The van der Waals surface area contributed by atoms with Gasteiger partial charge in [0.2, 0.25) is 0 Å². The van der Waals surface area contributed by atoms with Crippen molar-refractivity contribution in [3.8, 4) is 0 Å². The monoisotopic (exact) mass is 431 g/mol. The maximum absolute atomic E-state index is 2.43. The molecule has 169 valence electrons. The summed E-state index contributed by atoms with van der Waals surface area (Å²) in [7, 11) is 0. The molecule has 0 nitrogen and oxygen atoms in total. The number of benzene rings is 2. The molecule has 0 unspecified atom stereocenters. The molecule has 0 aromatic heterocycles. The Morgan fingerprint density at radius 3 is 1.55 bits per heavy atom. The molecule has 0 bridgehead atoms. The van der Waals surface area contributed by atoms with Crippen LogP contribution < -0.4 is 0 Å². The van der Waals surface area contributed by atoms with Gasteiger partial charge in [-0.2, -0.15) is 0 Å². The quantitative estimate of drug-likeness (QED) is 0.163. The Labute approximate surface area is 216 Å². The van der Waals surface area contributed by atoms with Crippen LogP contribution in [0.25, 0.3) is 10.8 Å². The van der Waals surface area contributed by atoms with E-state index in [-0.39, 0.29) is 29.6 Å². The first kappa shape index (κ1) is 28.7. The Morgan fingerprint density at radius 1 is 0.484 bits per heavy atom. The molecule has 31 heavy (non-hydrogen) atoms. The molecule has 0 aliphatic rings. The van der Waals surface area contributed by atoms with Crippen molar-refractivity contribution < 1.29 is 0 Å². The van der Waals surface area contributed by atoms with Gasteiger partial charge in [0.1, 0.15) is 0 Å². The number of unbranched alkanes of at least 4 members (excludes halogenated alkanes) is 14. The second kappa shape index (κ2) is 19.2. The van der Waals surface area contributed by atoms with Crippen molar-refractivity contribution in [2.24, 2.45) is 0 Å².